The molecule has 90 valence electrons. The molecule has 0 aromatic heterocycles. The Kier molecular flexibility index (Phi) is 7.10. The molecule has 16 heavy (non-hydrogen) atoms. The Balaban J connectivity index is 4.60. The average Bonchev–Trinajstić information content (AvgIpc) is 2.22. The number of aliphatic hydroxyl groups is 1. The van der Waals surface area contributed by atoms with Gasteiger partial charge in [-0.15, -0.1) is 6.58 Å². The molecule has 0 spiro atoms. The molecular weight excluding hydrogens is 200 g/mol. The highest BCUT2D eigenvalue weighted by Gasteiger charge is 1.98. The van der Waals surface area contributed by atoms with E-state index in [0.29, 0.717) is 11.7 Å². The van der Waals surface area contributed by atoms with Gasteiger partial charge in [0.1, 0.15) is 5.76 Å². The van der Waals surface area contributed by atoms with Gasteiger partial charge in [0, 0.05) is 0 Å². The van der Waals surface area contributed by atoms with Crippen molar-refractivity contribution in [1.29, 1.82) is 0 Å². The van der Waals surface area contributed by atoms with E-state index in [4.69, 9.17) is 9.84 Å². The second-order valence-electron chi connectivity index (χ2n) is 3.89. The molecule has 2 atom stereocenters. The second kappa shape index (κ2) is 7.80. The molecule has 0 aliphatic heterocycles. The summed E-state index contributed by atoms with van der Waals surface area (Å²) in [7, 11) is 1.64. The normalized spacial score (nSPS) is 17.2. The first kappa shape index (κ1) is 14.6. The minimum absolute atomic E-state index is 0.142. The summed E-state index contributed by atoms with van der Waals surface area (Å²) < 4.78 is 5.23. The van der Waals surface area contributed by atoms with Crippen LogP contribution >= 0.6 is 0 Å². The van der Waals surface area contributed by atoms with Gasteiger partial charge in [0.05, 0.1) is 12.9 Å². The molecular formula is C14H22O2. The third-order valence-corrected chi connectivity index (χ3v) is 2.10. The van der Waals surface area contributed by atoms with Crippen LogP contribution in [0.25, 0.3) is 0 Å². The van der Waals surface area contributed by atoms with Gasteiger partial charge in [-0.1, -0.05) is 26.0 Å². The molecule has 0 saturated carbocycles. The molecule has 1 N–H and O–H groups in total. The lowest BCUT2D eigenvalue weighted by molar-refractivity contribution is 0.303. The molecule has 0 aromatic carbocycles. The fourth-order valence-electron chi connectivity index (χ4n) is 1.20. The van der Waals surface area contributed by atoms with E-state index in [0.717, 1.165) is 5.76 Å². The second-order valence-corrected chi connectivity index (χ2v) is 3.89. The molecule has 0 radical (unpaired) electrons. The zero-order valence-corrected chi connectivity index (χ0v) is 10.6. The molecule has 0 rings (SSSR count). The van der Waals surface area contributed by atoms with Gasteiger partial charge in [-0.2, -0.15) is 0 Å². The number of hydrogen-bond acceptors (Lipinski definition) is 2. The number of methoxy groups -OCH3 is 1. The Morgan fingerprint density at radius 1 is 1.25 bits per heavy atom. The van der Waals surface area contributed by atoms with Crippen LogP contribution in [0.15, 0.2) is 48.5 Å². The van der Waals surface area contributed by atoms with Crippen LogP contribution in [0, 0.1) is 11.8 Å². The SMILES string of the molecule is C=CC(C)/C=C\C(=C/C(C)/C=C(\C)O)OC. The number of rotatable bonds is 6. The molecule has 0 bridgehead atoms. The van der Waals surface area contributed by atoms with E-state index in [1.165, 1.54) is 0 Å². The maximum atomic E-state index is 9.12. The number of hydrogen-bond donors (Lipinski definition) is 1. The molecule has 2 unspecified atom stereocenters. The van der Waals surface area contributed by atoms with Crippen molar-refractivity contribution in [2.45, 2.75) is 20.8 Å². The van der Waals surface area contributed by atoms with Crippen molar-refractivity contribution in [2.24, 2.45) is 11.8 Å². The van der Waals surface area contributed by atoms with Gasteiger partial charge in [0.2, 0.25) is 0 Å². The van der Waals surface area contributed by atoms with Crippen LogP contribution in [0.2, 0.25) is 0 Å². The summed E-state index contributed by atoms with van der Waals surface area (Å²) in [5, 5.41) is 9.12. The molecule has 0 aliphatic rings. The maximum absolute atomic E-state index is 9.12. The molecule has 0 aromatic rings. The summed E-state index contributed by atoms with van der Waals surface area (Å²) in [5.74, 6) is 1.58. The molecule has 2 nitrogen and oxygen atoms in total. The fourth-order valence-corrected chi connectivity index (χ4v) is 1.20. The van der Waals surface area contributed by atoms with Gasteiger partial charge in [-0.05, 0) is 37.0 Å². The molecule has 2 heteroatoms. The van der Waals surface area contributed by atoms with E-state index in [-0.39, 0.29) is 5.92 Å². The lowest BCUT2D eigenvalue weighted by Gasteiger charge is -2.05. The first-order chi connectivity index (χ1) is 7.49. The summed E-state index contributed by atoms with van der Waals surface area (Å²) in [6.07, 6.45) is 9.52. The van der Waals surface area contributed by atoms with Gasteiger partial charge in [0.15, 0.2) is 0 Å². The number of ether oxygens (including phenoxy) is 1. The van der Waals surface area contributed by atoms with Gasteiger partial charge in [-0.3, -0.25) is 0 Å². The van der Waals surface area contributed by atoms with E-state index in [2.05, 4.69) is 13.5 Å². The average molecular weight is 222 g/mol. The van der Waals surface area contributed by atoms with Crippen LogP contribution in [-0.2, 0) is 4.74 Å². The van der Waals surface area contributed by atoms with Crippen molar-refractivity contribution in [3.8, 4) is 0 Å². The summed E-state index contributed by atoms with van der Waals surface area (Å²) >= 11 is 0. The molecule has 0 saturated heterocycles. The highest BCUT2D eigenvalue weighted by molar-refractivity contribution is 5.17. The van der Waals surface area contributed by atoms with Crippen LogP contribution in [0.5, 0.6) is 0 Å². The van der Waals surface area contributed by atoms with Crippen molar-refractivity contribution in [1.82, 2.24) is 0 Å². The predicted octanol–water partition coefficient (Wildman–Crippen LogP) is 3.99. The van der Waals surface area contributed by atoms with E-state index < -0.39 is 0 Å². The minimum Gasteiger partial charge on any atom is -0.513 e. The Morgan fingerprint density at radius 3 is 2.31 bits per heavy atom. The Bertz CT molecular complexity index is 294. The quantitative estimate of drug-likeness (QED) is 0.418. The predicted molar refractivity (Wildman–Crippen MR) is 69.1 cm³/mol. The fraction of sp³-hybridized carbons (Fsp3) is 0.429. The van der Waals surface area contributed by atoms with Gasteiger partial charge in [0.25, 0.3) is 0 Å². The van der Waals surface area contributed by atoms with Gasteiger partial charge < -0.3 is 9.84 Å². The monoisotopic (exact) mass is 222 g/mol. The molecule has 0 amide bonds. The van der Waals surface area contributed by atoms with Crippen molar-refractivity contribution < 1.29 is 9.84 Å². The first-order valence-corrected chi connectivity index (χ1v) is 5.43. The third kappa shape index (κ3) is 6.93. The highest BCUT2D eigenvalue weighted by atomic mass is 16.5. The van der Waals surface area contributed by atoms with Crippen molar-refractivity contribution in [3.63, 3.8) is 0 Å². The Morgan fingerprint density at radius 2 is 1.88 bits per heavy atom. The smallest absolute Gasteiger partial charge is 0.115 e. The standard InChI is InChI=1S/C14H22O2/c1-6-11(2)7-8-14(16-5)10-12(3)9-13(4)15/h6-12,15H,1H2,2-5H3/b8-7-,13-9+,14-10+. The topological polar surface area (TPSA) is 29.5 Å². The maximum Gasteiger partial charge on any atom is 0.115 e. The van der Waals surface area contributed by atoms with Crippen LogP contribution in [0.1, 0.15) is 20.8 Å². The minimum atomic E-state index is 0.142. The van der Waals surface area contributed by atoms with Crippen molar-refractivity contribution in [2.75, 3.05) is 7.11 Å². The van der Waals surface area contributed by atoms with Crippen molar-refractivity contribution >= 4 is 0 Å². The largest absolute Gasteiger partial charge is 0.513 e. The van der Waals surface area contributed by atoms with Crippen LogP contribution in [0.4, 0.5) is 0 Å². The van der Waals surface area contributed by atoms with E-state index in [1.54, 1.807) is 20.1 Å². The van der Waals surface area contributed by atoms with Crippen LogP contribution < -0.4 is 0 Å². The van der Waals surface area contributed by atoms with E-state index in [1.807, 2.05) is 31.2 Å². The van der Waals surface area contributed by atoms with Crippen molar-refractivity contribution in [3.05, 3.63) is 48.5 Å². The van der Waals surface area contributed by atoms with Gasteiger partial charge >= 0.3 is 0 Å². The molecule has 0 fully saturated rings. The molecule has 0 aliphatic carbocycles. The highest BCUT2D eigenvalue weighted by Crippen LogP contribution is 2.10. The Labute approximate surface area is 98.6 Å². The summed E-state index contributed by atoms with van der Waals surface area (Å²) in [4.78, 5) is 0. The zero-order valence-electron chi connectivity index (χ0n) is 10.6. The number of allylic oxidation sites excluding steroid dienone is 6. The third-order valence-electron chi connectivity index (χ3n) is 2.10. The van der Waals surface area contributed by atoms with Gasteiger partial charge in [-0.25, -0.2) is 0 Å². The first-order valence-electron chi connectivity index (χ1n) is 5.43. The lowest BCUT2D eigenvalue weighted by Crippen LogP contribution is -1.91. The Hall–Kier alpha value is -1.44. The summed E-state index contributed by atoms with van der Waals surface area (Å²) in [6, 6.07) is 0. The van der Waals surface area contributed by atoms with Crippen LogP contribution in [0.3, 0.4) is 0 Å². The molecule has 0 heterocycles. The number of aliphatic hydroxyl groups excluding tert-OH is 1. The zero-order chi connectivity index (χ0) is 12.6. The van der Waals surface area contributed by atoms with E-state index >= 15 is 0 Å². The van der Waals surface area contributed by atoms with E-state index in [9.17, 15) is 0 Å². The summed E-state index contributed by atoms with van der Waals surface area (Å²) in [6.45, 7) is 9.41. The lowest BCUT2D eigenvalue weighted by atomic mass is 10.1. The summed E-state index contributed by atoms with van der Waals surface area (Å²) in [5.41, 5.74) is 0. The van der Waals surface area contributed by atoms with Crippen LogP contribution in [-0.4, -0.2) is 12.2 Å².